The van der Waals surface area contributed by atoms with Gasteiger partial charge in [0.1, 0.15) is 22.5 Å². The van der Waals surface area contributed by atoms with Crippen LogP contribution >= 0.6 is 0 Å². The molecule has 1 aliphatic carbocycles. The van der Waals surface area contributed by atoms with Crippen molar-refractivity contribution in [2.75, 3.05) is 7.11 Å². The molecule has 6 nitrogen and oxygen atoms in total. The van der Waals surface area contributed by atoms with E-state index >= 15 is 0 Å². The number of hydrogen-bond acceptors (Lipinski definition) is 6. The number of aromatic nitrogens is 1. The first-order valence-electron chi connectivity index (χ1n) is 10.5. The van der Waals surface area contributed by atoms with Crippen LogP contribution in [0.15, 0.2) is 91.4 Å². The second-order valence-electron chi connectivity index (χ2n) is 7.85. The van der Waals surface area contributed by atoms with Gasteiger partial charge in [0, 0.05) is 22.9 Å². The molecule has 1 aliphatic heterocycles. The number of rotatable bonds is 2. The molecule has 0 saturated carbocycles. The topological polar surface area (TPSA) is 77.8 Å². The van der Waals surface area contributed by atoms with Crippen molar-refractivity contribution in [2.24, 2.45) is 4.99 Å². The maximum absolute atomic E-state index is 11.8. The lowest BCUT2D eigenvalue weighted by molar-refractivity contribution is 0.415. The van der Waals surface area contributed by atoms with Crippen LogP contribution in [-0.4, -0.2) is 12.1 Å². The second kappa shape index (κ2) is 7.31. The number of nitrogens with zero attached hydrogens (tertiary/aromatic N) is 2. The van der Waals surface area contributed by atoms with E-state index in [1.54, 1.807) is 19.2 Å². The fourth-order valence-corrected chi connectivity index (χ4v) is 4.23. The maximum Gasteiger partial charge on any atom is 0.336 e. The Morgan fingerprint density at radius 3 is 2.42 bits per heavy atom. The van der Waals surface area contributed by atoms with Gasteiger partial charge in [0.2, 0.25) is 0 Å². The molecule has 0 fully saturated rings. The minimum Gasteiger partial charge on any atom is -0.497 e. The molecule has 160 valence electrons. The van der Waals surface area contributed by atoms with Gasteiger partial charge in [0.05, 0.1) is 23.5 Å². The van der Waals surface area contributed by atoms with Gasteiger partial charge in [-0.3, -0.25) is 0 Å². The quantitative estimate of drug-likeness (QED) is 0.197. The van der Waals surface area contributed by atoms with E-state index in [1.807, 2.05) is 61.5 Å². The Kier molecular flexibility index (Phi) is 4.26. The van der Waals surface area contributed by atoms with E-state index in [-0.39, 0.29) is 5.63 Å². The van der Waals surface area contributed by atoms with Crippen molar-refractivity contribution in [1.29, 1.82) is 0 Å². The molecule has 0 amide bonds. The molecule has 0 N–H and O–H groups in total. The van der Waals surface area contributed by atoms with Crippen molar-refractivity contribution in [3.8, 4) is 17.2 Å². The third-order valence-electron chi connectivity index (χ3n) is 5.77. The van der Waals surface area contributed by atoms with Crippen molar-refractivity contribution in [3.05, 3.63) is 94.1 Å². The predicted molar refractivity (Wildman–Crippen MR) is 127 cm³/mol. The van der Waals surface area contributed by atoms with Gasteiger partial charge in [0.25, 0.3) is 0 Å². The highest BCUT2D eigenvalue weighted by atomic mass is 16.5. The first-order chi connectivity index (χ1) is 16.1. The van der Waals surface area contributed by atoms with Crippen molar-refractivity contribution >= 4 is 38.5 Å². The van der Waals surface area contributed by atoms with Gasteiger partial charge in [-0.05, 0) is 48.9 Å². The highest BCUT2D eigenvalue weighted by molar-refractivity contribution is 6.05. The molecular formula is C27H18N2O4. The summed E-state index contributed by atoms with van der Waals surface area (Å²) in [5, 5.41) is 3.45. The molecular weight excluding hydrogens is 416 g/mol. The van der Waals surface area contributed by atoms with Crippen LogP contribution in [0.25, 0.3) is 44.3 Å². The molecule has 0 atom stereocenters. The molecule has 0 bridgehead atoms. The zero-order chi connectivity index (χ0) is 22.5. The second-order valence-corrected chi connectivity index (χ2v) is 7.85. The average Bonchev–Trinajstić information content (AvgIpc) is 2.83. The molecule has 0 spiro atoms. The summed E-state index contributed by atoms with van der Waals surface area (Å²) in [7, 11) is 1.64. The minimum absolute atomic E-state index is 0.382. The lowest BCUT2D eigenvalue weighted by Crippen LogP contribution is -2.06. The molecule has 0 radical (unpaired) electrons. The summed E-state index contributed by atoms with van der Waals surface area (Å²) in [6.07, 6.45) is 0. The van der Waals surface area contributed by atoms with E-state index in [2.05, 4.69) is 0 Å². The van der Waals surface area contributed by atoms with E-state index in [9.17, 15) is 4.79 Å². The van der Waals surface area contributed by atoms with E-state index in [0.717, 1.165) is 44.2 Å². The van der Waals surface area contributed by atoms with Crippen molar-refractivity contribution in [3.63, 3.8) is 0 Å². The third kappa shape index (κ3) is 3.15. The van der Waals surface area contributed by atoms with Crippen LogP contribution in [0.5, 0.6) is 5.75 Å². The number of ether oxygens (including phenoxy) is 1. The van der Waals surface area contributed by atoms with Gasteiger partial charge in [-0.15, -0.1) is 0 Å². The van der Waals surface area contributed by atoms with Crippen LogP contribution in [0.1, 0.15) is 5.56 Å². The highest BCUT2D eigenvalue weighted by Crippen LogP contribution is 2.34. The number of hydrogen-bond donors (Lipinski definition) is 0. The zero-order valence-corrected chi connectivity index (χ0v) is 18.0. The summed E-state index contributed by atoms with van der Waals surface area (Å²) in [5.74, 6) is 1.41. The fraction of sp³-hybridized carbons (Fsp3) is 0.0741. The van der Waals surface area contributed by atoms with Crippen LogP contribution in [0.2, 0.25) is 0 Å². The molecule has 0 unspecified atom stereocenters. The number of fused-ring (bicyclic) bond motifs is 6. The van der Waals surface area contributed by atoms with E-state index in [1.165, 1.54) is 6.07 Å². The summed E-state index contributed by atoms with van der Waals surface area (Å²) < 4.78 is 16.9. The molecule has 6 rings (SSSR count). The molecule has 4 aromatic rings. The lowest BCUT2D eigenvalue weighted by Gasteiger charge is -2.12. The van der Waals surface area contributed by atoms with Gasteiger partial charge in [0.15, 0.2) is 11.3 Å². The van der Waals surface area contributed by atoms with E-state index in [4.69, 9.17) is 23.5 Å². The molecule has 3 aromatic carbocycles. The van der Waals surface area contributed by atoms with Gasteiger partial charge in [-0.2, -0.15) is 0 Å². The van der Waals surface area contributed by atoms with Crippen molar-refractivity contribution in [2.45, 2.75) is 6.92 Å². The summed E-state index contributed by atoms with van der Waals surface area (Å²) >= 11 is 0. The predicted octanol–water partition coefficient (Wildman–Crippen LogP) is 5.74. The van der Waals surface area contributed by atoms with E-state index in [0.29, 0.717) is 22.4 Å². The van der Waals surface area contributed by atoms with Crippen LogP contribution in [0.4, 0.5) is 5.69 Å². The zero-order valence-electron chi connectivity index (χ0n) is 18.0. The Bertz CT molecular complexity index is 1780. The Balaban J connectivity index is 1.70. The highest BCUT2D eigenvalue weighted by Gasteiger charge is 2.17. The summed E-state index contributed by atoms with van der Waals surface area (Å²) in [6, 6.07) is 22.5. The van der Waals surface area contributed by atoms with Crippen LogP contribution in [0.3, 0.4) is 0 Å². The normalized spacial score (nSPS) is 12.2. The van der Waals surface area contributed by atoms with Crippen molar-refractivity contribution in [1.82, 2.24) is 4.98 Å². The molecule has 33 heavy (non-hydrogen) atoms. The third-order valence-corrected chi connectivity index (χ3v) is 5.77. The summed E-state index contributed by atoms with van der Waals surface area (Å²) in [6.45, 7) is 1.87. The lowest BCUT2D eigenvalue weighted by atomic mass is 10.0. The maximum atomic E-state index is 11.8. The van der Waals surface area contributed by atoms with Crippen molar-refractivity contribution < 1.29 is 13.6 Å². The number of methoxy groups -OCH3 is 1. The largest absolute Gasteiger partial charge is 0.497 e. The van der Waals surface area contributed by atoms with Gasteiger partial charge < -0.3 is 13.6 Å². The minimum atomic E-state index is -0.382. The molecule has 2 aliphatic rings. The standard InChI is InChI=1S/C27H18N2O4/c1-15-13-24(30)33-21-11-12-22-27(25(15)21)29-26-19-6-4-3-5-18(19)20(14-23(26)32-22)28-16-7-9-17(31-2)10-8-16/h3-14H,1-2H3. The van der Waals surface area contributed by atoms with Gasteiger partial charge in [-0.1, -0.05) is 24.3 Å². The van der Waals surface area contributed by atoms with E-state index < -0.39 is 0 Å². The SMILES string of the molecule is COc1ccc(N=c2cc3oc4ccc5oc(=O)cc(C)c5c4nc-3c3ccccc23)cc1. The summed E-state index contributed by atoms with van der Waals surface area (Å²) in [5.41, 5.74) is 3.71. The first kappa shape index (κ1) is 19.3. The Labute approximate surface area is 187 Å². The monoisotopic (exact) mass is 434 g/mol. The van der Waals surface area contributed by atoms with Gasteiger partial charge in [-0.25, -0.2) is 14.8 Å². The Morgan fingerprint density at radius 1 is 0.879 bits per heavy atom. The average molecular weight is 434 g/mol. The van der Waals surface area contributed by atoms with Gasteiger partial charge >= 0.3 is 5.63 Å². The Morgan fingerprint density at radius 2 is 1.64 bits per heavy atom. The smallest absolute Gasteiger partial charge is 0.336 e. The molecule has 1 aromatic heterocycles. The molecule has 6 heteroatoms. The number of aryl methyl sites for hydroxylation is 1. The first-order valence-corrected chi connectivity index (χ1v) is 10.5. The fourth-order valence-electron chi connectivity index (χ4n) is 4.23. The molecule has 2 heterocycles. The Hall–Kier alpha value is -4.45. The summed E-state index contributed by atoms with van der Waals surface area (Å²) in [4.78, 5) is 21.7. The van der Waals surface area contributed by atoms with Crippen LogP contribution in [-0.2, 0) is 0 Å². The number of benzene rings is 4. The molecule has 0 saturated heterocycles. The van der Waals surface area contributed by atoms with Crippen LogP contribution < -0.4 is 15.7 Å². The van der Waals surface area contributed by atoms with Crippen LogP contribution in [0, 0.1) is 6.92 Å².